The largest absolute Gasteiger partial charge is 0.313 e. The summed E-state index contributed by atoms with van der Waals surface area (Å²) in [4.78, 5) is 14.2. The summed E-state index contributed by atoms with van der Waals surface area (Å²) >= 11 is 1.34. The number of nitrogens with one attached hydrogen (secondary N) is 2. The molecule has 98 valence electrons. The van der Waals surface area contributed by atoms with Crippen molar-refractivity contribution in [2.24, 2.45) is 0 Å². The van der Waals surface area contributed by atoms with Gasteiger partial charge in [0.25, 0.3) is 5.56 Å². The molecule has 2 aromatic heterocycles. The van der Waals surface area contributed by atoms with Gasteiger partial charge in [-0.05, 0) is 12.1 Å². The van der Waals surface area contributed by atoms with E-state index in [-0.39, 0.29) is 5.56 Å². The Hall–Kier alpha value is -2.14. The van der Waals surface area contributed by atoms with Crippen LogP contribution in [0.2, 0.25) is 0 Å². The molecule has 0 unspecified atom stereocenters. The first-order valence-corrected chi connectivity index (χ1v) is 6.88. The van der Waals surface area contributed by atoms with Gasteiger partial charge in [0.05, 0.1) is 20.4 Å². The van der Waals surface area contributed by atoms with E-state index in [1.54, 1.807) is 6.08 Å². The minimum Gasteiger partial charge on any atom is -0.313 e. The van der Waals surface area contributed by atoms with E-state index < -0.39 is 0 Å². The van der Waals surface area contributed by atoms with Crippen LogP contribution in [0.5, 0.6) is 0 Å². The SMILES string of the molecule is C=c1[nH]c(=O)/c(=C\c2[nH]nc3ccccc23)s1.CC. The fourth-order valence-electron chi connectivity index (χ4n) is 1.71. The maximum Gasteiger partial charge on any atom is 0.266 e. The molecular formula is C14H15N3OS. The van der Waals surface area contributed by atoms with Gasteiger partial charge in [-0.25, -0.2) is 0 Å². The molecule has 0 aliphatic rings. The number of aromatic nitrogens is 3. The van der Waals surface area contributed by atoms with Crippen LogP contribution in [-0.2, 0) is 0 Å². The zero-order chi connectivity index (χ0) is 13.8. The van der Waals surface area contributed by atoms with Gasteiger partial charge in [-0.1, -0.05) is 38.6 Å². The number of thiazole rings is 1. The minimum absolute atomic E-state index is 0.112. The number of aromatic amines is 2. The molecule has 0 saturated heterocycles. The molecule has 0 saturated carbocycles. The Balaban J connectivity index is 0.000000637. The average Bonchev–Trinajstić information content (AvgIpc) is 2.97. The lowest BCUT2D eigenvalue weighted by molar-refractivity contribution is 1.10. The van der Waals surface area contributed by atoms with Crippen LogP contribution >= 0.6 is 11.3 Å². The first-order valence-electron chi connectivity index (χ1n) is 6.07. The molecule has 19 heavy (non-hydrogen) atoms. The lowest BCUT2D eigenvalue weighted by Gasteiger charge is -1.87. The molecule has 3 rings (SSSR count). The van der Waals surface area contributed by atoms with Crippen molar-refractivity contribution >= 4 is 34.9 Å². The van der Waals surface area contributed by atoms with Crippen molar-refractivity contribution in [3.05, 3.63) is 49.5 Å². The number of nitrogens with zero attached hydrogens (tertiary/aromatic N) is 1. The van der Waals surface area contributed by atoms with E-state index in [1.807, 2.05) is 38.1 Å². The molecule has 4 nitrogen and oxygen atoms in total. The second-order valence-corrected chi connectivity index (χ2v) is 4.78. The summed E-state index contributed by atoms with van der Waals surface area (Å²) in [7, 11) is 0. The second kappa shape index (κ2) is 5.67. The number of rotatable bonds is 1. The van der Waals surface area contributed by atoms with E-state index in [0.29, 0.717) is 9.20 Å². The number of benzene rings is 1. The lowest BCUT2D eigenvalue weighted by Crippen LogP contribution is -2.19. The molecule has 0 spiro atoms. The zero-order valence-electron chi connectivity index (χ0n) is 10.9. The Morgan fingerprint density at radius 3 is 2.74 bits per heavy atom. The monoisotopic (exact) mass is 273 g/mol. The van der Waals surface area contributed by atoms with Gasteiger partial charge in [0, 0.05) is 5.39 Å². The van der Waals surface area contributed by atoms with E-state index in [0.717, 1.165) is 16.6 Å². The molecule has 0 radical (unpaired) electrons. The molecule has 2 N–H and O–H groups in total. The van der Waals surface area contributed by atoms with Gasteiger partial charge in [-0.15, -0.1) is 11.3 Å². The number of hydrogen-bond acceptors (Lipinski definition) is 3. The van der Waals surface area contributed by atoms with Crippen molar-refractivity contribution in [1.29, 1.82) is 0 Å². The van der Waals surface area contributed by atoms with E-state index >= 15 is 0 Å². The number of fused-ring (bicyclic) bond motifs is 1. The third-order valence-electron chi connectivity index (χ3n) is 2.48. The van der Waals surface area contributed by atoms with Gasteiger partial charge in [0.15, 0.2) is 0 Å². The highest BCUT2D eigenvalue weighted by Gasteiger charge is 2.02. The second-order valence-electron chi connectivity index (χ2n) is 3.64. The average molecular weight is 273 g/mol. The van der Waals surface area contributed by atoms with Crippen molar-refractivity contribution in [3.63, 3.8) is 0 Å². The standard InChI is InChI=1S/C12H9N3OS.C2H6/c1-7-13-12(16)11(17-7)6-10-8-4-2-3-5-9(8)14-15-10;1-2/h2-6H,1H2,(H,13,16)(H,14,15);1-2H3/b11-6+;. The van der Waals surface area contributed by atoms with Crippen molar-refractivity contribution in [3.8, 4) is 0 Å². The van der Waals surface area contributed by atoms with Crippen LogP contribution in [0, 0.1) is 0 Å². The van der Waals surface area contributed by atoms with Gasteiger partial charge < -0.3 is 4.98 Å². The van der Waals surface area contributed by atoms with Crippen LogP contribution in [0.1, 0.15) is 19.5 Å². The molecule has 2 heterocycles. The quantitative estimate of drug-likeness (QED) is 0.707. The zero-order valence-corrected chi connectivity index (χ0v) is 11.7. The summed E-state index contributed by atoms with van der Waals surface area (Å²) in [6, 6.07) is 7.77. The Kier molecular flexibility index (Phi) is 3.97. The molecule has 5 heteroatoms. The van der Waals surface area contributed by atoms with Crippen molar-refractivity contribution in [1.82, 2.24) is 15.2 Å². The highest BCUT2D eigenvalue weighted by atomic mass is 32.1. The van der Waals surface area contributed by atoms with Crippen molar-refractivity contribution < 1.29 is 0 Å². The van der Waals surface area contributed by atoms with Gasteiger partial charge in [-0.3, -0.25) is 9.89 Å². The molecule has 0 aliphatic carbocycles. The lowest BCUT2D eigenvalue weighted by atomic mass is 10.2. The van der Waals surface area contributed by atoms with Crippen LogP contribution in [0.25, 0.3) is 23.6 Å². The van der Waals surface area contributed by atoms with E-state index in [2.05, 4.69) is 21.8 Å². The molecule has 1 aromatic carbocycles. The number of H-pyrrole nitrogens is 2. The third-order valence-corrected chi connectivity index (χ3v) is 3.35. The minimum atomic E-state index is -0.112. The molecule has 0 bridgehead atoms. The van der Waals surface area contributed by atoms with Gasteiger partial charge >= 0.3 is 0 Å². The first-order chi connectivity index (χ1) is 9.24. The third kappa shape index (κ3) is 2.66. The van der Waals surface area contributed by atoms with Crippen molar-refractivity contribution in [2.45, 2.75) is 13.8 Å². The van der Waals surface area contributed by atoms with E-state index in [4.69, 9.17) is 0 Å². The van der Waals surface area contributed by atoms with Crippen LogP contribution in [0.3, 0.4) is 0 Å². The van der Waals surface area contributed by atoms with Gasteiger partial charge in [0.1, 0.15) is 0 Å². The molecule has 0 aliphatic heterocycles. The fraction of sp³-hybridized carbons (Fsp3) is 0.143. The normalized spacial score (nSPS) is 11.4. The highest BCUT2D eigenvalue weighted by Crippen LogP contribution is 2.14. The van der Waals surface area contributed by atoms with Crippen LogP contribution < -0.4 is 14.8 Å². The number of para-hydroxylation sites is 1. The molecule has 0 fully saturated rings. The summed E-state index contributed by atoms with van der Waals surface area (Å²) in [6.45, 7) is 7.71. The fourth-order valence-corrected chi connectivity index (χ4v) is 2.44. The molecular weight excluding hydrogens is 258 g/mol. The number of hydrogen-bond donors (Lipinski definition) is 2. The van der Waals surface area contributed by atoms with Crippen LogP contribution in [0.15, 0.2) is 29.1 Å². The summed E-state index contributed by atoms with van der Waals surface area (Å²) in [5.41, 5.74) is 1.62. The predicted molar refractivity (Wildman–Crippen MR) is 80.7 cm³/mol. The Morgan fingerprint density at radius 1 is 1.32 bits per heavy atom. The van der Waals surface area contributed by atoms with Crippen molar-refractivity contribution in [2.75, 3.05) is 0 Å². The topological polar surface area (TPSA) is 61.5 Å². The first kappa shape index (κ1) is 13.3. The summed E-state index contributed by atoms with van der Waals surface area (Å²) in [5.74, 6) is 0. The Labute approximate surface area is 114 Å². The van der Waals surface area contributed by atoms with Gasteiger partial charge in [-0.2, -0.15) is 5.10 Å². The molecule has 3 aromatic rings. The summed E-state index contributed by atoms with van der Waals surface area (Å²) in [5, 5.41) is 8.10. The van der Waals surface area contributed by atoms with E-state index in [9.17, 15) is 4.79 Å². The maximum atomic E-state index is 11.6. The molecule has 0 amide bonds. The van der Waals surface area contributed by atoms with Crippen LogP contribution in [-0.4, -0.2) is 15.2 Å². The Bertz CT molecular complexity index is 841. The predicted octanol–water partition coefficient (Wildman–Crippen LogP) is 1.58. The molecule has 0 atom stereocenters. The maximum absolute atomic E-state index is 11.6. The Morgan fingerprint density at radius 2 is 2.05 bits per heavy atom. The summed E-state index contributed by atoms with van der Waals surface area (Å²) < 4.78 is 1.29. The van der Waals surface area contributed by atoms with Crippen LogP contribution in [0.4, 0.5) is 0 Å². The summed E-state index contributed by atoms with van der Waals surface area (Å²) in [6.07, 6.45) is 1.80. The van der Waals surface area contributed by atoms with Gasteiger partial charge in [0.2, 0.25) is 0 Å². The smallest absolute Gasteiger partial charge is 0.266 e. The van der Waals surface area contributed by atoms with E-state index in [1.165, 1.54) is 11.3 Å². The highest BCUT2D eigenvalue weighted by molar-refractivity contribution is 7.07.